The van der Waals surface area contributed by atoms with Crippen LogP contribution in [0, 0.1) is 5.92 Å². The van der Waals surface area contributed by atoms with Crippen LogP contribution in [0.1, 0.15) is 85.3 Å². The maximum atomic E-state index is 6.72. The first kappa shape index (κ1) is 29.6. The molecule has 5 heterocycles. The summed E-state index contributed by atoms with van der Waals surface area (Å²) in [5.41, 5.74) is 10.9. The number of nitrogens with one attached hydrogen (secondary N) is 1. The van der Waals surface area contributed by atoms with Gasteiger partial charge in [-0.15, -0.1) is 0 Å². The van der Waals surface area contributed by atoms with Crippen molar-refractivity contribution in [3.63, 3.8) is 0 Å². The molecule has 11 nitrogen and oxygen atoms in total. The number of fused-ring (bicyclic) bond motifs is 3. The Morgan fingerprint density at radius 2 is 1.89 bits per heavy atom. The number of H-pyrrole nitrogens is 1. The molecule has 7 rings (SSSR count). The van der Waals surface area contributed by atoms with Crippen molar-refractivity contribution in [2.75, 3.05) is 12.3 Å². The minimum Gasteiger partial charge on any atom is -0.382 e. The normalized spacial score (nSPS) is 28.4. The molecule has 0 spiro atoms. The highest BCUT2D eigenvalue weighted by molar-refractivity contribution is 5.81. The second kappa shape index (κ2) is 10.8. The number of nitrogen functional groups attached to an aromatic ring is 1. The van der Waals surface area contributed by atoms with Gasteiger partial charge in [0.15, 0.2) is 23.5 Å². The lowest BCUT2D eigenvalue weighted by atomic mass is 9.76. The summed E-state index contributed by atoms with van der Waals surface area (Å²) in [4.78, 5) is 24.1. The van der Waals surface area contributed by atoms with Gasteiger partial charge >= 0.3 is 0 Å². The van der Waals surface area contributed by atoms with Crippen LogP contribution >= 0.6 is 0 Å². The van der Waals surface area contributed by atoms with Gasteiger partial charge in [-0.1, -0.05) is 26.8 Å². The highest BCUT2D eigenvalue weighted by atomic mass is 16.8. The van der Waals surface area contributed by atoms with Gasteiger partial charge in [0.05, 0.1) is 17.4 Å². The van der Waals surface area contributed by atoms with Gasteiger partial charge in [-0.05, 0) is 76.0 Å². The SMILES string of the molecule is CC(C)N(CC1OC(n2cnc3c(N)ncnc32)[C@@H]2OC(C)(C)O[C@H]12)C1CC(CCc2nc3cc(C(C)(C)C)ccc3[nH]2)C1. The van der Waals surface area contributed by atoms with E-state index in [4.69, 9.17) is 24.9 Å². The number of aromatic nitrogens is 6. The fraction of sp³-hybridized carbons (Fsp3) is 0.636. The summed E-state index contributed by atoms with van der Waals surface area (Å²) < 4.78 is 21.5. The highest BCUT2D eigenvalue weighted by Gasteiger charge is 2.57. The zero-order valence-electron chi connectivity index (χ0n) is 26.9. The van der Waals surface area contributed by atoms with Gasteiger partial charge in [-0.25, -0.2) is 19.9 Å². The van der Waals surface area contributed by atoms with Crippen molar-refractivity contribution in [2.24, 2.45) is 5.92 Å². The molecule has 1 saturated carbocycles. The summed E-state index contributed by atoms with van der Waals surface area (Å²) in [7, 11) is 0. The van der Waals surface area contributed by atoms with E-state index in [1.807, 2.05) is 18.4 Å². The van der Waals surface area contributed by atoms with E-state index in [0.717, 1.165) is 36.2 Å². The van der Waals surface area contributed by atoms with Crippen molar-refractivity contribution in [3.8, 4) is 0 Å². The molecule has 2 unspecified atom stereocenters. The number of rotatable bonds is 8. The summed E-state index contributed by atoms with van der Waals surface area (Å²) >= 11 is 0. The third-order valence-electron chi connectivity index (χ3n) is 9.71. The third kappa shape index (κ3) is 5.37. The molecule has 44 heavy (non-hydrogen) atoms. The topological polar surface area (TPSA) is 129 Å². The Morgan fingerprint density at radius 1 is 1.11 bits per heavy atom. The van der Waals surface area contributed by atoms with Crippen molar-refractivity contribution in [2.45, 2.75) is 122 Å². The fourth-order valence-electron chi connectivity index (χ4n) is 7.27. The molecule has 4 atom stereocenters. The predicted molar refractivity (Wildman–Crippen MR) is 169 cm³/mol. The van der Waals surface area contributed by atoms with Crippen molar-refractivity contribution >= 4 is 28.0 Å². The van der Waals surface area contributed by atoms with Crippen molar-refractivity contribution in [1.29, 1.82) is 0 Å². The Morgan fingerprint density at radius 3 is 2.64 bits per heavy atom. The molecule has 0 radical (unpaired) electrons. The molecule has 236 valence electrons. The van der Waals surface area contributed by atoms with Gasteiger partial charge in [-0.3, -0.25) is 9.47 Å². The van der Waals surface area contributed by atoms with Gasteiger partial charge in [0.1, 0.15) is 36.0 Å². The summed E-state index contributed by atoms with van der Waals surface area (Å²) in [5, 5.41) is 0. The second-order valence-corrected chi connectivity index (χ2v) is 14.7. The van der Waals surface area contributed by atoms with E-state index in [9.17, 15) is 0 Å². The molecule has 11 heteroatoms. The van der Waals surface area contributed by atoms with Gasteiger partial charge in [0.25, 0.3) is 0 Å². The standard InChI is InChI=1S/C33H46N8O3/c1-18(2)40(21-12-19(13-21)8-11-25-38-22-10-9-20(32(3,4)5)14-23(22)39-25)15-24-27-28(44-33(6,7)43-27)31(42-24)41-17-37-26-29(34)35-16-36-30(26)41/h9-10,14,16-19,21,24,27-28,31H,8,11-13,15H2,1-7H3,(H,38,39)(H2,34,35,36)/t19?,21?,24?,27-,28-,31?/m1/s1. The predicted octanol–water partition coefficient (Wildman–Crippen LogP) is 5.12. The maximum Gasteiger partial charge on any atom is 0.167 e. The number of hydrogen-bond donors (Lipinski definition) is 2. The van der Waals surface area contributed by atoms with Crippen LogP contribution in [0.2, 0.25) is 0 Å². The van der Waals surface area contributed by atoms with Gasteiger partial charge in [-0.2, -0.15) is 0 Å². The number of anilines is 1. The molecule has 3 N–H and O–H groups in total. The van der Waals surface area contributed by atoms with E-state index in [1.54, 1.807) is 6.33 Å². The molecular weight excluding hydrogens is 556 g/mol. The van der Waals surface area contributed by atoms with Gasteiger partial charge in [0.2, 0.25) is 0 Å². The van der Waals surface area contributed by atoms with Crippen LogP contribution < -0.4 is 5.73 Å². The molecule has 2 saturated heterocycles. The Labute approximate surface area is 258 Å². The quantitative estimate of drug-likeness (QED) is 0.282. The third-order valence-corrected chi connectivity index (χ3v) is 9.71. The van der Waals surface area contributed by atoms with Crippen LogP contribution in [0.3, 0.4) is 0 Å². The average Bonchev–Trinajstić information content (AvgIpc) is 3.68. The summed E-state index contributed by atoms with van der Waals surface area (Å²) in [6, 6.07) is 7.51. The minimum atomic E-state index is -0.699. The number of hydrogen-bond acceptors (Lipinski definition) is 9. The first-order valence-corrected chi connectivity index (χ1v) is 16.1. The Bertz CT molecular complexity index is 1650. The molecule has 1 aromatic carbocycles. The highest BCUT2D eigenvalue weighted by Crippen LogP contribution is 2.45. The van der Waals surface area contributed by atoms with Gasteiger partial charge < -0.3 is 24.9 Å². The molecular formula is C33H46N8O3. The molecule has 2 aliphatic heterocycles. The Hall–Kier alpha value is -3.12. The van der Waals surface area contributed by atoms with Crippen LogP contribution in [0.25, 0.3) is 22.2 Å². The minimum absolute atomic E-state index is 0.117. The lowest BCUT2D eigenvalue weighted by Crippen LogP contribution is -2.52. The maximum absolute atomic E-state index is 6.72. The molecule has 3 fully saturated rings. The molecule has 0 amide bonds. The van der Waals surface area contributed by atoms with Gasteiger partial charge in [0, 0.05) is 25.0 Å². The zero-order valence-corrected chi connectivity index (χ0v) is 26.9. The van der Waals surface area contributed by atoms with E-state index >= 15 is 0 Å². The molecule has 3 aromatic heterocycles. The molecule has 0 bridgehead atoms. The van der Waals surface area contributed by atoms with Crippen molar-refractivity contribution in [3.05, 3.63) is 42.2 Å². The number of aromatic amines is 1. The second-order valence-electron chi connectivity index (χ2n) is 14.7. The average molecular weight is 603 g/mol. The van der Waals surface area contributed by atoms with E-state index in [1.165, 1.54) is 24.7 Å². The molecule has 1 aliphatic carbocycles. The Kier molecular flexibility index (Phi) is 7.23. The monoisotopic (exact) mass is 602 g/mol. The van der Waals surface area contributed by atoms with Crippen LogP contribution in [0.15, 0.2) is 30.9 Å². The number of aryl methyl sites for hydroxylation is 1. The number of nitrogens with zero attached hydrogens (tertiary/aromatic N) is 6. The number of ether oxygens (including phenoxy) is 3. The number of imidazole rings is 2. The van der Waals surface area contributed by atoms with E-state index < -0.39 is 12.0 Å². The fourth-order valence-corrected chi connectivity index (χ4v) is 7.27. The first-order valence-electron chi connectivity index (χ1n) is 16.1. The lowest BCUT2D eigenvalue weighted by Gasteiger charge is -2.46. The first-order chi connectivity index (χ1) is 20.9. The molecule has 4 aromatic rings. The Balaban J connectivity index is 1.00. The van der Waals surface area contributed by atoms with Crippen LogP contribution in [-0.4, -0.2) is 77.1 Å². The van der Waals surface area contributed by atoms with Crippen LogP contribution in [0.4, 0.5) is 5.82 Å². The zero-order chi connectivity index (χ0) is 31.0. The lowest BCUT2D eigenvalue weighted by molar-refractivity contribution is -0.199. The summed E-state index contributed by atoms with van der Waals surface area (Å²) in [6.07, 6.45) is 6.61. The largest absolute Gasteiger partial charge is 0.382 e. The van der Waals surface area contributed by atoms with E-state index in [0.29, 0.717) is 35.0 Å². The van der Waals surface area contributed by atoms with Crippen molar-refractivity contribution < 1.29 is 14.2 Å². The number of benzene rings is 1. The van der Waals surface area contributed by atoms with Crippen LogP contribution in [-0.2, 0) is 26.0 Å². The molecule has 3 aliphatic rings. The summed E-state index contributed by atoms with van der Waals surface area (Å²) in [5.74, 6) is 1.43. The summed E-state index contributed by atoms with van der Waals surface area (Å²) in [6.45, 7) is 16.0. The smallest absolute Gasteiger partial charge is 0.167 e. The van der Waals surface area contributed by atoms with Crippen LogP contribution in [0.5, 0.6) is 0 Å². The van der Waals surface area contributed by atoms with E-state index in [-0.39, 0.29) is 23.7 Å². The van der Waals surface area contributed by atoms with Crippen molar-refractivity contribution in [1.82, 2.24) is 34.4 Å². The number of nitrogens with two attached hydrogens (primary N) is 1. The van der Waals surface area contributed by atoms with E-state index in [2.05, 4.69) is 77.7 Å².